The number of nitrogens with one attached hydrogen (secondary N) is 1. The molecule has 3 rings (SSSR count). The summed E-state index contributed by atoms with van der Waals surface area (Å²) in [5.41, 5.74) is 2.76. The van der Waals surface area contributed by atoms with Crippen LogP contribution in [0.4, 0.5) is 5.69 Å². The number of anilines is 1. The number of hydrogen-bond acceptors (Lipinski definition) is 3. The van der Waals surface area contributed by atoms with E-state index in [9.17, 15) is 4.79 Å². The van der Waals surface area contributed by atoms with E-state index in [0.717, 1.165) is 27.9 Å². The van der Waals surface area contributed by atoms with Crippen molar-refractivity contribution in [2.24, 2.45) is 0 Å². The second-order valence-electron chi connectivity index (χ2n) is 5.57. The molecule has 0 radical (unpaired) electrons. The Morgan fingerprint density at radius 2 is 1.92 bits per heavy atom. The fraction of sp³-hybridized carbons (Fsp3) is 0.211. The maximum Gasteiger partial charge on any atom is 0.244 e. The minimum atomic E-state index is -0.0800. The molecule has 2 aromatic carbocycles. The van der Waals surface area contributed by atoms with Gasteiger partial charge in [0, 0.05) is 29.4 Å². The number of hydrogen-bond donors (Lipinski definition) is 1. The predicted molar refractivity (Wildman–Crippen MR) is 94.9 cm³/mol. The maximum absolute atomic E-state index is 12.4. The van der Waals surface area contributed by atoms with E-state index in [1.165, 1.54) is 0 Å². The van der Waals surface area contributed by atoms with Crippen LogP contribution in [0.5, 0.6) is 11.5 Å². The molecule has 0 saturated heterocycles. The van der Waals surface area contributed by atoms with Crippen LogP contribution in [0.15, 0.2) is 48.7 Å². The lowest BCUT2D eigenvalue weighted by molar-refractivity contribution is -0.116. The standard InChI is InChI=1S/C19H20N2O3/c1-13-6-4-5-7-16(13)20-19(22)12-21-9-8-15-17(21)10-14(23-2)11-18(15)24-3/h4-11H,12H2,1-3H3,(H,20,22). The summed E-state index contributed by atoms with van der Waals surface area (Å²) in [6.45, 7) is 2.19. The van der Waals surface area contributed by atoms with Crippen molar-refractivity contribution in [2.45, 2.75) is 13.5 Å². The molecular weight excluding hydrogens is 304 g/mol. The van der Waals surface area contributed by atoms with Gasteiger partial charge < -0.3 is 19.4 Å². The third-order valence-electron chi connectivity index (χ3n) is 4.01. The van der Waals surface area contributed by atoms with Gasteiger partial charge in [-0.3, -0.25) is 4.79 Å². The van der Waals surface area contributed by atoms with Crippen molar-refractivity contribution in [3.05, 3.63) is 54.2 Å². The molecule has 1 amide bonds. The highest BCUT2D eigenvalue weighted by atomic mass is 16.5. The molecule has 1 heterocycles. The molecular formula is C19H20N2O3. The number of carbonyl (C=O) groups excluding carboxylic acids is 1. The highest BCUT2D eigenvalue weighted by molar-refractivity contribution is 5.94. The smallest absolute Gasteiger partial charge is 0.244 e. The third-order valence-corrected chi connectivity index (χ3v) is 4.01. The molecule has 0 fully saturated rings. The van der Waals surface area contributed by atoms with E-state index < -0.39 is 0 Å². The van der Waals surface area contributed by atoms with Crippen LogP contribution < -0.4 is 14.8 Å². The molecule has 1 aromatic heterocycles. The Labute approximate surface area is 140 Å². The number of rotatable bonds is 5. The normalized spacial score (nSPS) is 10.6. The van der Waals surface area contributed by atoms with Crippen molar-refractivity contribution in [3.63, 3.8) is 0 Å². The number of nitrogens with zero attached hydrogens (tertiary/aromatic N) is 1. The Bertz CT molecular complexity index is 883. The topological polar surface area (TPSA) is 52.5 Å². The molecule has 0 spiro atoms. The summed E-state index contributed by atoms with van der Waals surface area (Å²) in [6, 6.07) is 13.4. The Morgan fingerprint density at radius 1 is 1.12 bits per heavy atom. The number of methoxy groups -OCH3 is 2. The van der Waals surface area contributed by atoms with Crippen LogP contribution in [-0.4, -0.2) is 24.7 Å². The number of aromatic nitrogens is 1. The first-order valence-corrected chi connectivity index (χ1v) is 7.68. The van der Waals surface area contributed by atoms with E-state index in [2.05, 4.69) is 5.32 Å². The van der Waals surface area contributed by atoms with E-state index in [0.29, 0.717) is 5.75 Å². The summed E-state index contributed by atoms with van der Waals surface area (Å²) in [5.74, 6) is 1.34. The first kappa shape index (κ1) is 15.9. The largest absolute Gasteiger partial charge is 0.497 e. The van der Waals surface area contributed by atoms with Crippen molar-refractivity contribution in [2.75, 3.05) is 19.5 Å². The summed E-state index contributed by atoms with van der Waals surface area (Å²) in [4.78, 5) is 12.4. The molecule has 0 saturated carbocycles. The Balaban J connectivity index is 1.87. The zero-order valence-electron chi connectivity index (χ0n) is 14.0. The van der Waals surface area contributed by atoms with Crippen LogP contribution >= 0.6 is 0 Å². The van der Waals surface area contributed by atoms with Crippen LogP contribution in [-0.2, 0) is 11.3 Å². The van der Waals surface area contributed by atoms with Gasteiger partial charge in [0.05, 0.1) is 19.7 Å². The molecule has 5 heteroatoms. The molecule has 0 unspecified atom stereocenters. The van der Waals surface area contributed by atoms with E-state index >= 15 is 0 Å². The van der Waals surface area contributed by atoms with Crippen molar-refractivity contribution in [1.82, 2.24) is 4.57 Å². The molecule has 1 N–H and O–H groups in total. The van der Waals surface area contributed by atoms with Crippen LogP contribution in [0.1, 0.15) is 5.56 Å². The van der Waals surface area contributed by atoms with Crippen LogP contribution in [0.25, 0.3) is 10.9 Å². The zero-order valence-corrected chi connectivity index (χ0v) is 14.0. The van der Waals surface area contributed by atoms with Gasteiger partial charge in [0.25, 0.3) is 0 Å². The van der Waals surface area contributed by atoms with Gasteiger partial charge in [-0.05, 0) is 24.6 Å². The number of amides is 1. The zero-order chi connectivity index (χ0) is 17.1. The van der Waals surface area contributed by atoms with Gasteiger partial charge in [-0.25, -0.2) is 0 Å². The molecule has 0 aliphatic rings. The van der Waals surface area contributed by atoms with Crippen molar-refractivity contribution in [3.8, 4) is 11.5 Å². The summed E-state index contributed by atoms with van der Waals surface area (Å²) in [6.07, 6.45) is 1.88. The monoisotopic (exact) mass is 324 g/mol. The summed E-state index contributed by atoms with van der Waals surface area (Å²) in [5, 5.41) is 3.89. The lowest BCUT2D eigenvalue weighted by Gasteiger charge is -2.11. The molecule has 0 aliphatic heterocycles. The average molecular weight is 324 g/mol. The predicted octanol–water partition coefficient (Wildman–Crippen LogP) is 3.61. The molecule has 3 aromatic rings. The molecule has 24 heavy (non-hydrogen) atoms. The molecule has 0 atom stereocenters. The van der Waals surface area contributed by atoms with Gasteiger partial charge in [0.1, 0.15) is 18.0 Å². The highest BCUT2D eigenvalue weighted by Gasteiger charge is 2.12. The van der Waals surface area contributed by atoms with E-state index in [1.54, 1.807) is 14.2 Å². The average Bonchev–Trinajstić information content (AvgIpc) is 2.98. The highest BCUT2D eigenvalue weighted by Crippen LogP contribution is 2.31. The number of fused-ring (bicyclic) bond motifs is 1. The maximum atomic E-state index is 12.4. The fourth-order valence-electron chi connectivity index (χ4n) is 2.72. The molecule has 124 valence electrons. The lowest BCUT2D eigenvalue weighted by atomic mass is 10.2. The van der Waals surface area contributed by atoms with Gasteiger partial charge >= 0.3 is 0 Å². The quantitative estimate of drug-likeness (QED) is 0.780. The second-order valence-corrected chi connectivity index (χ2v) is 5.57. The second kappa shape index (κ2) is 6.66. The first-order chi connectivity index (χ1) is 11.6. The number of carbonyl (C=O) groups is 1. The first-order valence-electron chi connectivity index (χ1n) is 7.68. The van der Waals surface area contributed by atoms with Crippen LogP contribution in [0.3, 0.4) is 0 Å². The Kier molecular flexibility index (Phi) is 4.42. The third kappa shape index (κ3) is 3.06. The Hall–Kier alpha value is -2.95. The summed E-state index contributed by atoms with van der Waals surface area (Å²) >= 11 is 0. The number of ether oxygens (including phenoxy) is 2. The Morgan fingerprint density at radius 3 is 2.62 bits per heavy atom. The molecule has 0 aliphatic carbocycles. The summed E-state index contributed by atoms with van der Waals surface area (Å²) in [7, 11) is 3.23. The van der Waals surface area contributed by atoms with Crippen LogP contribution in [0.2, 0.25) is 0 Å². The van der Waals surface area contributed by atoms with Crippen molar-refractivity contribution < 1.29 is 14.3 Å². The lowest BCUT2D eigenvalue weighted by Crippen LogP contribution is -2.18. The minimum Gasteiger partial charge on any atom is -0.497 e. The van der Waals surface area contributed by atoms with Gasteiger partial charge in [-0.2, -0.15) is 0 Å². The van der Waals surface area contributed by atoms with Crippen molar-refractivity contribution in [1.29, 1.82) is 0 Å². The van der Waals surface area contributed by atoms with Crippen LogP contribution in [0, 0.1) is 6.92 Å². The van der Waals surface area contributed by atoms with E-state index in [-0.39, 0.29) is 12.5 Å². The van der Waals surface area contributed by atoms with Gasteiger partial charge in [0.15, 0.2) is 0 Å². The summed E-state index contributed by atoms with van der Waals surface area (Å²) < 4.78 is 12.6. The number of para-hydroxylation sites is 1. The van der Waals surface area contributed by atoms with Gasteiger partial charge in [-0.1, -0.05) is 18.2 Å². The molecule has 0 bridgehead atoms. The SMILES string of the molecule is COc1cc(OC)c2ccn(CC(=O)Nc3ccccc3C)c2c1. The van der Waals surface area contributed by atoms with E-state index in [4.69, 9.17) is 9.47 Å². The molecule has 5 nitrogen and oxygen atoms in total. The number of benzene rings is 2. The van der Waals surface area contributed by atoms with Gasteiger partial charge in [-0.15, -0.1) is 0 Å². The van der Waals surface area contributed by atoms with Crippen molar-refractivity contribution >= 4 is 22.5 Å². The number of aryl methyl sites for hydroxylation is 1. The van der Waals surface area contributed by atoms with Gasteiger partial charge in [0.2, 0.25) is 5.91 Å². The minimum absolute atomic E-state index is 0.0800. The fourth-order valence-corrected chi connectivity index (χ4v) is 2.72. The van der Waals surface area contributed by atoms with E-state index in [1.807, 2.05) is 60.2 Å².